The van der Waals surface area contributed by atoms with Gasteiger partial charge in [0.1, 0.15) is 46.3 Å². The van der Waals surface area contributed by atoms with Crippen LogP contribution in [0.2, 0.25) is 5.82 Å². The van der Waals surface area contributed by atoms with Crippen molar-refractivity contribution in [3.63, 3.8) is 0 Å². The monoisotopic (exact) mass is 1320 g/mol. The molecule has 510 valence electrons. The molecule has 0 saturated heterocycles. The van der Waals surface area contributed by atoms with Gasteiger partial charge < -0.3 is 28.3 Å². The molecule has 1 aromatic heterocycles. The Bertz CT molecular complexity index is 4520. The summed E-state index contributed by atoms with van der Waals surface area (Å²) < 4.78 is 30.6. The standard InChI is InChI=1S/C89H99B2N5O4/c1-15-19-33-62(17-3)59-97-72-49-43-64(44-50-72)79-81-82(80(83(79)90(68-35-25-21-26-36-68)69-37-27-22-28-38-69)74(57-92)86(94-13)99-77-53-47-66(55-61(77)5)87(6,7)8)84(65-45-51-73(52-46-65)98-60-63(18-4)34-20-16-2)95(14)85(81)75(58-93)89(12)96(76-56-67(88(9,10)11)48-54-78(76)100-89)91(70-39-29-23-30-40-70)71-41-31-24-32-42-71/h21-32,35-56,62-63,83H,15-20,33-34,59-60H2,1-14H3/b80-74-,85-75-,94-86?. The summed E-state index contributed by atoms with van der Waals surface area (Å²) in [5.41, 5.74) is 12.0. The van der Waals surface area contributed by atoms with Crippen molar-refractivity contribution in [3.05, 3.63) is 250 Å². The van der Waals surface area contributed by atoms with Crippen molar-refractivity contribution in [2.75, 3.05) is 25.1 Å². The van der Waals surface area contributed by atoms with Crippen LogP contribution in [0.15, 0.2) is 217 Å². The van der Waals surface area contributed by atoms with E-state index in [9.17, 15) is 10.5 Å². The lowest BCUT2D eigenvalue weighted by Crippen LogP contribution is -2.66. The number of aliphatic imine (C=N–C) groups is 1. The quantitative estimate of drug-likeness (QED) is 0.0243. The smallest absolute Gasteiger partial charge is 0.327 e. The molecule has 0 amide bonds. The molecule has 1 aliphatic carbocycles. The lowest BCUT2D eigenvalue weighted by atomic mass is 9.31. The summed E-state index contributed by atoms with van der Waals surface area (Å²) in [5.74, 6) is 3.16. The second-order valence-electron chi connectivity index (χ2n) is 29.6. The molecular weight excluding hydrogens is 1220 g/mol. The van der Waals surface area contributed by atoms with Gasteiger partial charge in [0.05, 0.1) is 29.9 Å². The molecule has 8 aromatic carbocycles. The molecule has 0 radical (unpaired) electrons. The van der Waals surface area contributed by atoms with Crippen LogP contribution in [0.4, 0.5) is 5.69 Å². The molecule has 0 spiro atoms. The summed E-state index contributed by atoms with van der Waals surface area (Å²) in [4.78, 5) is 7.39. The van der Waals surface area contributed by atoms with E-state index in [4.69, 9.17) is 23.9 Å². The van der Waals surface area contributed by atoms with Crippen molar-refractivity contribution in [2.24, 2.45) is 23.9 Å². The Labute approximate surface area is 596 Å². The molecule has 11 heteroatoms. The molecule has 2 aliphatic rings. The maximum atomic E-state index is 13.0. The highest BCUT2D eigenvalue weighted by atomic mass is 16.5. The third-order valence-electron chi connectivity index (χ3n) is 20.8. The van der Waals surface area contributed by atoms with Crippen LogP contribution in [-0.2, 0) is 17.9 Å². The summed E-state index contributed by atoms with van der Waals surface area (Å²) in [7, 11) is 3.79. The molecule has 0 saturated carbocycles. The highest BCUT2D eigenvalue weighted by Gasteiger charge is 2.53. The number of allylic oxidation sites excluding steroid dienone is 1. The predicted molar refractivity (Wildman–Crippen MR) is 418 cm³/mol. The first kappa shape index (κ1) is 71.6. The fraction of sp³-hybridized carbons (Fsp3) is 0.337. The number of rotatable bonds is 25. The topological polar surface area (TPSA) is 105 Å². The van der Waals surface area contributed by atoms with Crippen LogP contribution in [0, 0.1) is 41.4 Å². The minimum Gasteiger partial charge on any atom is -0.493 e. The van der Waals surface area contributed by atoms with Crippen LogP contribution in [-0.4, -0.2) is 50.0 Å². The van der Waals surface area contributed by atoms with E-state index in [-0.39, 0.29) is 22.3 Å². The van der Waals surface area contributed by atoms with Gasteiger partial charge in [-0.15, -0.1) is 0 Å². The van der Waals surface area contributed by atoms with Crippen molar-refractivity contribution in [3.8, 4) is 46.4 Å². The third kappa shape index (κ3) is 14.8. The van der Waals surface area contributed by atoms with E-state index >= 15 is 0 Å². The Morgan fingerprint density at radius 3 is 1.54 bits per heavy atom. The van der Waals surface area contributed by atoms with Gasteiger partial charge >= 0.3 is 6.85 Å². The van der Waals surface area contributed by atoms with Crippen molar-refractivity contribution in [2.45, 2.75) is 157 Å². The van der Waals surface area contributed by atoms with Crippen molar-refractivity contribution < 1.29 is 18.9 Å². The maximum absolute atomic E-state index is 13.0. The number of fused-ring (bicyclic) bond motifs is 2. The van der Waals surface area contributed by atoms with Gasteiger partial charge in [-0.25, -0.2) is 0 Å². The zero-order valence-corrected chi connectivity index (χ0v) is 61.5. The number of nitrogens with zero attached hydrogens (tertiary/aromatic N) is 5. The first-order chi connectivity index (χ1) is 48.3. The highest BCUT2D eigenvalue weighted by molar-refractivity contribution is 6.89. The number of nitriles is 2. The number of aryl methyl sites for hydroxylation is 1. The van der Waals surface area contributed by atoms with Gasteiger partial charge in [0, 0.05) is 30.7 Å². The fourth-order valence-corrected chi connectivity index (χ4v) is 15.0. The molecule has 11 rings (SSSR count). The van der Waals surface area contributed by atoms with Gasteiger partial charge in [-0.05, 0) is 143 Å². The molecule has 1 aliphatic heterocycles. The van der Waals surface area contributed by atoms with Crippen LogP contribution in [0.25, 0.3) is 28.0 Å². The summed E-state index contributed by atoms with van der Waals surface area (Å²) in [6.07, 6.45) is 8.83. The fourth-order valence-electron chi connectivity index (χ4n) is 15.0. The average molecular weight is 1320 g/mol. The van der Waals surface area contributed by atoms with Crippen LogP contribution >= 0.6 is 0 Å². The molecule has 0 fully saturated rings. The predicted octanol–water partition coefficient (Wildman–Crippen LogP) is 17.2. The van der Waals surface area contributed by atoms with E-state index in [2.05, 4.69) is 312 Å². The molecule has 0 N–H and O–H groups in total. The number of hydrogen-bond donors (Lipinski definition) is 0. The van der Waals surface area contributed by atoms with Gasteiger partial charge in [-0.2, -0.15) is 10.5 Å². The van der Waals surface area contributed by atoms with Crippen LogP contribution in [0.1, 0.15) is 155 Å². The Kier molecular flexibility index (Phi) is 22.4. The summed E-state index contributed by atoms with van der Waals surface area (Å²) >= 11 is 0. The van der Waals surface area contributed by atoms with E-state index in [0.29, 0.717) is 53.0 Å². The summed E-state index contributed by atoms with van der Waals surface area (Å²) in [6, 6.07) is 78.1. The number of anilines is 1. The van der Waals surface area contributed by atoms with E-state index in [1.54, 1.807) is 7.05 Å². The van der Waals surface area contributed by atoms with Crippen LogP contribution in [0.5, 0.6) is 23.0 Å². The third-order valence-corrected chi connectivity index (χ3v) is 20.8. The minimum absolute atomic E-state index is 0.122. The van der Waals surface area contributed by atoms with E-state index in [1.165, 1.54) is 0 Å². The van der Waals surface area contributed by atoms with Crippen molar-refractivity contribution in [1.29, 1.82) is 10.5 Å². The number of unbranched alkanes of at least 4 members (excludes halogenated alkanes) is 2. The first-order valence-electron chi connectivity index (χ1n) is 36.4. The molecule has 2 heterocycles. The zero-order valence-electron chi connectivity index (χ0n) is 61.5. The van der Waals surface area contributed by atoms with Gasteiger partial charge in [0.25, 0.3) is 0 Å². The van der Waals surface area contributed by atoms with Crippen LogP contribution < -0.4 is 56.2 Å². The largest absolute Gasteiger partial charge is 0.493 e. The normalized spacial score (nSPS) is 16.5. The number of benzene rings is 8. The lowest BCUT2D eigenvalue weighted by Gasteiger charge is -2.40. The first-order valence-corrected chi connectivity index (χ1v) is 36.4. The second-order valence-corrected chi connectivity index (χ2v) is 29.6. The summed E-state index contributed by atoms with van der Waals surface area (Å²) in [6.45, 7) is 26.8. The van der Waals surface area contributed by atoms with Crippen molar-refractivity contribution >= 4 is 63.7 Å². The molecular formula is C89H99B2N5O4. The molecule has 4 unspecified atom stereocenters. The molecule has 9 aromatic rings. The minimum atomic E-state index is -1.52. The van der Waals surface area contributed by atoms with Crippen molar-refractivity contribution in [1.82, 2.24) is 4.57 Å². The van der Waals surface area contributed by atoms with E-state index in [1.807, 2.05) is 6.07 Å². The Hall–Kier alpha value is -9.70. The number of hydrogen-bond acceptors (Lipinski definition) is 8. The van der Waals surface area contributed by atoms with Gasteiger partial charge in [-0.1, -0.05) is 281 Å². The zero-order chi connectivity index (χ0) is 70.9. The highest BCUT2D eigenvalue weighted by Crippen LogP contribution is 2.51. The number of aromatic nitrogens is 1. The molecule has 0 bridgehead atoms. The van der Waals surface area contributed by atoms with Gasteiger partial charge in [0.2, 0.25) is 18.3 Å². The van der Waals surface area contributed by atoms with Gasteiger partial charge in [0.15, 0.2) is 0 Å². The van der Waals surface area contributed by atoms with Crippen LogP contribution in [0.3, 0.4) is 0 Å². The molecule has 4 atom stereocenters. The second kappa shape index (κ2) is 31.2. The molecule has 9 nitrogen and oxygen atoms in total. The SMILES string of the molecule is CCCCC(CC)COc1ccc(C2=c3c(c(-c4ccc(OCC(CC)CCCC)cc4)n(C)/c3=C(/C#N)C3(C)Oc4ccc(C(C)(C)C)cc4N3B(c3ccccc3)c3ccccc3)/C(=C(\C#N)C(=NC)Oc3ccc(C(C)(C)C)cc3C)C2B(c2ccccc2)c2ccccc2)cc1. The maximum Gasteiger partial charge on any atom is 0.327 e. The molecule has 100 heavy (non-hydrogen) atoms. The number of ether oxygens (including phenoxy) is 4. The Morgan fingerprint density at radius 2 is 1.09 bits per heavy atom. The van der Waals surface area contributed by atoms with Gasteiger partial charge in [-0.3, -0.25) is 4.99 Å². The average Bonchev–Trinajstić information content (AvgIpc) is 1.52. The van der Waals surface area contributed by atoms with E-state index < -0.39 is 25.1 Å². The Balaban J connectivity index is 1.33. The summed E-state index contributed by atoms with van der Waals surface area (Å²) in [5, 5.41) is 27.1. The Morgan fingerprint density at radius 1 is 0.610 bits per heavy atom. The van der Waals surface area contributed by atoms with E-state index in [0.717, 1.165) is 140 Å². The lowest BCUT2D eigenvalue weighted by molar-refractivity contribution is 0.189.